The van der Waals surface area contributed by atoms with Gasteiger partial charge < -0.3 is 15.0 Å². The van der Waals surface area contributed by atoms with Gasteiger partial charge in [0.2, 0.25) is 5.91 Å². The van der Waals surface area contributed by atoms with Crippen LogP contribution in [0.15, 0.2) is 36.5 Å². The van der Waals surface area contributed by atoms with E-state index in [1.165, 1.54) is 0 Å². The van der Waals surface area contributed by atoms with Crippen molar-refractivity contribution in [3.05, 3.63) is 58.9 Å². The Morgan fingerprint density at radius 1 is 1.32 bits per heavy atom. The summed E-state index contributed by atoms with van der Waals surface area (Å²) >= 11 is 0. The number of carbonyl (C=O) groups excluding carboxylic acids is 1. The van der Waals surface area contributed by atoms with Gasteiger partial charge in [0.05, 0.1) is 18.1 Å². The minimum absolute atomic E-state index is 0.111. The molecule has 2 fully saturated rings. The molecule has 0 saturated heterocycles. The first-order chi connectivity index (χ1) is 16.3. The van der Waals surface area contributed by atoms with Crippen LogP contribution in [0.25, 0.3) is 0 Å². The van der Waals surface area contributed by atoms with Crippen molar-refractivity contribution in [2.75, 3.05) is 13.7 Å². The van der Waals surface area contributed by atoms with Crippen LogP contribution in [0.1, 0.15) is 54.5 Å². The van der Waals surface area contributed by atoms with Gasteiger partial charge in [-0.1, -0.05) is 24.6 Å². The van der Waals surface area contributed by atoms with Crippen molar-refractivity contribution in [1.82, 2.24) is 15.2 Å². The van der Waals surface area contributed by atoms with Gasteiger partial charge in [-0.2, -0.15) is 13.2 Å². The van der Waals surface area contributed by atoms with E-state index in [0.29, 0.717) is 36.7 Å². The number of fused-ring (bicyclic) bond motifs is 2. The number of pyridine rings is 1. The third kappa shape index (κ3) is 4.17. The first kappa shape index (κ1) is 23.1. The average Bonchev–Trinajstić information content (AvgIpc) is 3.39. The number of nitrogens with zero attached hydrogens (tertiary/aromatic N) is 2. The van der Waals surface area contributed by atoms with E-state index < -0.39 is 17.2 Å². The Kier molecular flexibility index (Phi) is 6.04. The number of hydrogen-bond donors (Lipinski definition) is 1. The molecule has 8 heteroatoms. The Morgan fingerprint density at radius 3 is 2.94 bits per heavy atom. The Morgan fingerprint density at radius 2 is 2.15 bits per heavy atom. The highest BCUT2D eigenvalue weighted by molar-refractivity contribution is 5.84. The summed E-state index contributed by atoms with van der Waals surface area (Å²) < 4.78 is 45.0. The van der Waals surface area contributed by atoms with Crippen LogP contribution < -0.4 is 10.1 Å². The van der Waals surface area contributed by atoms with Gasteiger partial charge in [-0.25, -0.2) is 0 Å². The van der Waals surface area contributed by atoms with E-state index in [4.69, 9.17) is 4.74 Å². The van der Waals surface area contributed by atoms with E-state index in [0.717, 1.165) is 55.7 Å². The van der Waals surface area contributed by atoms with Gasteiger partial charge in [-0.3, -0.25) is 9.78 Å². The molecule has 2 heterocycles. The van der Waals surface area contributed by atoms with Crippen molar-refractivity contribution in [3.63, 3.8) is 0 Å². The van der Waals surface area contributed by atoms with Crippen molar-refractivity contribution in [2.24, 2.45) is 11.3 Å². The molecule has 2 aliphatic carbocycles. The smallest absolute Gasteiger partial charge is 0.417 e. The van der Waals surface area contributed by atoms with E-state index in [-0.39, 0.29) is 18.5 Å². The van der Waals surface area contributed by atoms with Crippen molar-refractivity contribution in [1.29, 1.82) is 0 Å². The lowest BCUT2D eigenvalue weighted by atomic mass is 9.78. The Labute approximate surface area is 197 Å². The number of hydrogen-bond acceptors (Lipinski definition) is 4. The summed E-state index contributed by atoms with van der Waals surface area (Å²) in [4.78, 5) is 19.7. The number of methoxy groups -OCH3 is 1. The molecule has 1 N–H and O–H groups in total. The number of aromatic nitrogens is 1. The van der Waals surface area contributed by atoms with Crippen molar-refractivity contribution in [2.45, 2.75) is 63.8 Å². The summed E-state index contributed by atoms with van der Waals surface area (Å²) in [5.41, 5.74) is 1.11. The van der Waals surface area contributed by atoms with Crippen LogP contribution in [0, 0.1) is 11.3 Å². The van der Waals surface area contributed by atoms with Crippen molar-refractivity contribution in [3.8, 4) is 5.75 Å². The van der Waals surface area contributed by atoms with Crippen molar-refractivity contribution < 1.29 is 22.7 Å². The lowest BCUT2D eigenvalue weighted by Crippen LogP contribution is -2.46. The highest BCUT2D eigenvalue weighted by atomic mass is 19.4. The van der Waals surface area contributed by atoms with Gasteiger partial charge in [-0.15, -0.1) is 0 Å². The highest BCUT2D eigenvalue weighted by Crippen LogP contribution is 2.55. The number of para-hydroxylation sites is 1. The van der Waals surface area contributed by atoms with E-state index >= 15 is 0 Å². The summed E-state index contributed by atoms with van der Waals surface area (Å²) in [6.45, 7) is 1.39. The molecule has 3 aliphatic rings. The monoisotopic (exact) mass is 473 g/mol. The fourth-order valence-electron chi connectivity index (χ4n) is 6.32. The van der Waals surface area contributed by atoms with Crippen LogP contribution in [-0.2, 0) is 30.5 Å². The van der Waals surface area contributed by atoms with Crippen LogP contribution in [0.4, 0.5) is 13.2 Å². The number of benzene rings is 1. The lowest BCUT2D eigenvalue weighted by Gasteiger charge is -2.37. The molecule has 0 radical (unpaired) electrons. The molecule has 3 atom stereocenters. The van der Waals surface area contributed by atoms with Crippen LogP contribution in [0.2, 0.25) is 0 Å². The largest absolute Gasteiger partial charge is 0.496 e. The molecule has 5 nitrogen and oxygen atoms in total. The molecule has 2 aromatic rings. The van der Waals surface area contributed by atoms with Gasteiger partial charge >= 0.3 is 6.18 Å². The normalized spacial score (nSPS) is 26.3. The second kappa shape index (κ2) is 8.87. The maximum atomic E-state index is 13.9. The first-order valence-electron chi connectivity index (χ1n) is 12.0. The van der Waals surface area contributed by atoms with Gasteiger partial charge in [0, 0.05) is 49.6 Å². The molecule has 1 aromatic heterocycles. The summed E-state index contributed by atoms with van der Waals surface area (Å²) in [7, 11) is 1.66. The molecule has 2 saturated carbocycles. The second-order valence-electron chi connectivity index (χ2n) is 9.88. The summed E-state index contributed by atoms with van der Waals surface area (Å²) in [5.74, 6) is 1.27. The standard InChI is InChI=1S/C26H30F3N3O2/c1-34-23-7-3-2-5-17(23)14-30-21-12-19-6-4-9-25(19,13-21)24(33)32-10-8-22-18(16-32)11-20(15-31-22)26(27,28)29/h2-3,5,7,11,15,19,21,30H,4,6,8-10,12-14,16H2,1H3. The van der Waals surface area contributed by atoms with Gasteiger partial charge in [-0.05, 0) is 49.3 Å². The average molecular weight is 474 g/mol. The molecule has 1 aromatic carbocycles. The molecule has 34 heavy (non-hydrogen) atoms. The second-order valence-corrected chi connectivity index (χ2v) is 9.88. The zero-order chi connectivity index (χ0) is 23.9. The molecule has 3 unspecified atom stereocenters. The van der Waals surface area contributed by atoms with Gasteiger partial charge in [0.15, 0.2) is 0 Å². The number of nitrogens with one attached hydrogen (secondary N) is 1. The predicted molar refractivity (Wildman–Crippen MR) is 121 cm³/mol. The molecule has 0 bridgehead atoms. The highest BCUT2D eigenvalue weighted by Gasteiger charge is 2.56. The predicted octanol–water partition coefficient (Wildman–Crippen LogP) is 4.73. The topological polar surface area (TPSA) is 54.5 Å². The SMILES string of the molecule is COc1ccccc1CNC1CC2CCCC2(C(=O)N2CCc3ncc(C(F)(F)F)cc3C2)C1. The molecule has 182 valence electrons. The third-order valence-corrected chi connectivity index (χ3v) is 7.99. The summed E-state index contributed by atoms with van der Waals surface area (Å²) in [6, 6.07) is 9.31. The maximum absolute atomic E-state index is 13.9. The van der Waals surface area contributed by atoms with E-state index in [1.54, 1.807) is 12.0 Å². The van der Waals surface area contributed by atoms with Crippen LogP contribution in [0.3, 0.4) is 0 Å². The number of halogens is 3. The number of amides is 1. The van der Waals surface area contributed by atoms with E-state index in [9.17, 15) is 18.0 Å². The minimum Gasteiger partial charge on any atom is -0.496 e. The van der Waals surface area contributed by atoms with Gasteiger partial charge in [0.1, 0.15) is 5.75 Å². The minimum atomic E-state index is -4.44. The molecule has 1 aliphatic heterocycles. The zero-order valence-electron chi connectivity index (χ0n) is 19.3. The zero-order valence-corrected chi connectivity index (χ0v) is 19.3. The number of rotatable bonds is 5. The molecular weight excluding hydrogens is 443 g/mol. The number of ether oxygens (including phenoxy) is 1. The lowest BCUT2D eigenvalue weighted by molar-refractivity contribution is -0.144. The van der Waals surface area contributed by atoms with Crippen molar-refractivity contribution >= 4 is 5.91 Å². The Bertz CT molecular complexity index is 1070. The van der Waals surface area contributed by atoms with Crippen LogP contribution in [-0.4, -0.2) is 35.5 Å². The van der Waals surface area contributed by atoms with E-state index in [2.05, 4.69) is 10.3 Å². The molecule has 0 spiro atoms. The molecule has 1 amide bonds. The third-order valence-electron chi connectivity index (χ3n) is 7.99. The first-order valence-corrected chi connectivity index (χ1v) is 12.0. The summed E-state index contributed by atoms with van der Waals surface area (Å²) in [6.07, 6.45) is 1.60. The van der Waals surface area contributed by atoms with Gasteiger partial charge in [0.25, 0.3) is 0 Å². The van der Waals surface area contributed by atoms with Crippen LogP contribution in [0.5, 0.6) is 5.75 Å². The molecule has 5 rings (SSSR count). The summed E-state index contributed by atoms with van der Waals surface area (Å²) in [5, 5.41) is 3.64. The van der Waals surface area contributed by atoms with Crippen LogP contribution >= 0.6 is 0 Å². The fraction of sp³-hybridized carbons (Fsp3) is 0.538. The number of carbonyl (C=O) groups is 1. The maximum Gasteiger partial charge on any atom is 0.417 e. The quantitative estimate of drug-likeness (QED) is 0.682. The number of alkyl halides is 3. The Balaban J connectivity index is 1.29. The Hall–Kier alpha value is -2.61. The molecular formula is C26H30F3N3O2. The fourth-order valence-corrected chi connectivity index (χ4v) is 6.32. The van der Waals surface area contributed by atoms with E-state index in [1.807, 2.05) is 24.3 Å².